The van der Waals surface area contributed by atoms with Crippen LogP contribution in [0.15, 0.2) is 36.7 Å². The Balaban J connectivity index is 1.57. The molecule has 1 atom stereocenters. The first-order valence-electron chi connectivity index (χ1n) is 10.8. The van der Waals surface area contributed by atoms with Gasteiger partial charge in [-0.2, -0.15) is 0 Å². The largest absolute Gasteiger partial charge is 0.494 e. The average molecular weight is 420 g/mol. The summed E-state index contributed by atoms with van der Waals surface area (Å²) >= 11 is 0. The number of amides is 1. The lowest BCUT2D eigenvalue weighted by Gasteiger charge is -2.28. The molecule has 1 fully saturated rings. The van der Waals surface area contributed by atoms with E-state index in [-0.39, 0.29) is 11.9 Å². The maximum atomic E-state index is 13.3. The van der Waals surface area contributed by atoms with Crippen LogP contribution in [0.25, 0.3) is 10.9 Å². The van der Waals surface area contributed by atoms with Crippen LogP contribution in [-0.2, 0) is 11.3 Å². The summed E-state index contributed by atoms with van der Waals surface area (Å²) in [7, 11) is 1.86. The fourth-order valence-electron chi connectivity index (χ4n) is 4.16. The Hall–Kier alpha value is -3.22. The second-order valence-corrected chi connectivity index (χ2v) is 8.07. The molecule has 7 nitrogen and oxygen atoms in total. The third-order valence-electron chi connectivity index (χ3n) is 5.87. The van der Waals surface area contributed by atoms with Crippen LogP contribution in [0.2, 0.25) is 0 Å². The van der Waals surface area contributed by atoms with Gasteiger partial charge in [-0.05, 0) is 69.0 Å². The zero-order chi connectivity index (χ0) is 22.0. The van der Waals surface area contributed by atoms with Crippen molar-refractivity contribution in [3.63, 3.8) is 0 Å². The molecule has 0 bridgehead atoms. The number of hydrogen-bond donors (Lipinski definition) is 0. The van der Waals surface area contributed by atoms with Crippen molar-refractivity contribution in [2.24, 2.45) is 0 Å². The molecule has 1 aromatic carbocycles. The second-order valence-electron chi connectivity index (χ2n) is 8.07. The molecule has 4 rings (SSSR count). The van der Waals surface area contributed by atoms with Gasteiger partial charge < -0.3 is 14.5 Å². The Kier molecular flexibility index (Phi) is 6.02. The number of aromatic nitrogens is 3. The van der Waals surface area contributed by atoms with Crippen LogP contribution in [0.3, 0.4) is 0 Å². The number of pyridine rings is 1. The van der Waals surface area contributed by atoms with E-state index in [2.05, 4.69) is 9.88 Å². The Morgan fingerprint density at radius 1 is 1.26 bits per heavy atom. The van der Waals surface area contributed by atoms with Crippen LogP contribution in [0.1, 0.15) is 36.6 Å². The summed E-state index contributed by atoms with van der Waals surface area (Å²) in [6, 6.07) is 7.60. The van der Waals surface area contributed by atoms with Gasteiger partial charge in [-0.15, -0.1) is 0 Å². The lowest BCUT2D eigenvalue weighted by atomic mass is 10.1. The van der Waals surface area contributed by atoms with Crippen molar-refractivity contribution in [2.45, 2.75) is 46.2 Å². The quantitative estimate of drug-likeness (QED) is 0.607. The summed E-state index contributed by atoms with van der Waals surface area (Å²) in [5.74, 6) is 1.54. The fourth-order valence-corrected chi connectivity index (χ4v) is 4.16. The molecule has 2 aromatic heterocycles. The van der Waals surface area contributed by atoms with Crippen molar-refractivity contribution < 1.29 is 9.53 Å². The van der Waals surface area contributed by atoms with Crippen molar-refractivity contribution in [1.82, 2.24) is 19.9 Å². The molecule has 162 valence electrons. The number of benzene rings is 1. The maximum Gasteiger partial charge on any atom is 0.245 e. The zero-order valence-corrected chi connectivity index (χ0v) is 18.6. The van der Waals surface area contributed by atoms with Gasteiger partial charge in [-0.25, -0.2) is 9.97 Å². The van der Waals surface area contributed by atoms with E-state index in [0.717, 1.165) is 52.9 Å². The van der Waals surface area contributed by atoms with E-state index in [9.17, 15) is 4.79 Å². The number of rotatable bonds is 6. The van der Waals surface area contributed by atoms with Crippen LogP contribution >= 0.6 is 0 Å². The highest BCUT2D eigenvalue weighted by Crippen LogP contribution is 2.28. The highest BCUT2D eigenvalue weighted by molar-refractivity contribution is 5.87. The molecule has 7 heteroatoms. The SMILES string of the molecule is CCOc1ccc2nc(N3CCC[C@H]3C(=O)N(C)Cc3ccncc3C)nc(C)c2c1. The summed E-state index contributed by atoms with van der Waals surface area (Å²) in [6.07, 6.45) is 5.36. The normalized spacial score (nSPS) is 16.0. The van der Waals surface area contributed by atoms with Crippen molar-refractivity contribution in [2.75, 3.05) is 25.1 Å². The van der Waals surface area contributed by atoms with Crippen molar-refractivity contribution in [1.29, 1.82) is 0 Å². The maximum absolute atomic E-state index is 13.3. The van der Waals surface area contributed by atoms with Crippen LogP contribution < -0.4 is 9.64 Å². The number of fused-ring (bicyclic) bond motifs is 1. The van der Waals surface area contributed by atoms with Crippen LogP contribution in [0.5, 0.6) is 5.75 Å². The molecular weight excluding hydrogens is 390 g/mol. The molecule has 0 spiro atoms. The van der Waals surface area contributed by atoms with Crippen LogP contribution in [-0.4, -0.2) is 52.0 Å². The van der Waals surface area contributed by atoms with E-state index < -0.39 is 0 Å². The van der Waals surface area contributed by atoms with Gasteiger partial charge in [0, 0.05) is 37.9 Å². The van der Waals surface area contributed by atoms with E-state index in [0.29, 0.717) is 19.1 Å². The van der Waals surface area contributed by atoms with Crippen LogP contribution in [0, 0.1) is 13.8 Å². The highest BCUT2D eigenvalue weighted by Gasteiger charge is 2.34. The Labute approximate surface area is 183 Å². The first-order valence-corrected chi connectivity index (χ1v) is 10.8. The number of carbonyl (C=O) groups is 1. The third kappa shape index (κ3) is 4.31. The number of carbonyl (C=O) groups excluding carboxylic acids is 1. The fraction of sp³-hybridized carbons (Fsp3) is 0.417. The van der Waals surface area contributed by atoms with Gasteiger partial charge >= 0.3 is 0 Å². The number of ether oxygens (including phenoxy) is 1. The lowest BCUT2D eigenvalue weighted by molar-refractivity contribution is -0.131. The molecule has 1 aliphatic heterocycles. The van der Waals surface area contributed by atoms with E-state index in [1.54, 1.807) is 11.1 Å². The minimum Gasteiger partial charge on any atom is -0.494 e. The van der Waals surface area contributed by atoms with Crippen molar-refractivity contribution in [3.8, 4) is 5.75 Å². The van der Waals surface area contributed by atoms with E-state index in [4.69, 9.17) is 14.7 Å². The minimum atomic E-state index is -0.244. The average Bonchev–Trinajstić information content (AvgIpc) is 3.25. The van der Waals surface area contributed by atoms with Gasteiger partial charge in [0.1, 0.15) is 11.8 Å². The number of hydrogen-bond acceptors (Lipinski definition) is 6. The van der Waals surface area contributed by atoms with Gasteiger partial charge in [0.25, 0.3) is 0 Å². The summed E-state index contributed by atoms with van der Waals surface area (Å²) in [4.78, 5) is 30.8. The van der Waals surface area contributed by atoms with Gasteiger partial charge in [-0.3, -0.25) is 9.78 Å². The molecule has 0 N–H and O–H groups in total. The molecule has 0 saturated carbocycles. The van der Waals surface area contributed by atoms with Crippen LogP contribution in [0.4, 0.5) is 5.95 Å². The second kappa shape index (κ2) is 8.88. The zero-order valence-electron chi connectivity index (χ0n) is 18.6. The molecule has 1 saturated heterocycles. The van der Waals surface area contributed by atoms with Crippen molar-refractivity contribution in [3.05, 3.63) is 53.5 Å². The number of nitrogens with zero attached hydrogens (tertiary/aromatic N) is 5. The molecular formula is C24H29N5O2. The standard InChI is InChI=1S/C24H29N5O2/c1-5-31-19-8-9-21-20(13-19)17(3)26-24(27-21)29-12-6-7-22(29)23(30)28(4)15-18-10-11-25-14-16(18)2/h8-11,13-14,22H,5-7,12,15H2,1-4H3/t22-/m0/s1. The minimum absolute atomic E-state index is 0.0988. The number of anilines is 1. The summed E-state index contributed by atoms with van der Waals surface area (Å²) < 4.78 is 5.61. The molecule has 1 aliphatic rings. The highest BCUT2D eigenvalue weighted by atomic mass is 16.5. The van der Waals surface area contributed by atoms with Crippen molar-refractivity contribution >= 4 is 22.8 Å². The molecule has 0 aliphatic carbocycles. The summed E-state index contributed by atoms with van der Waals surface area (Å²) in [5, 5.41) is 0.974. The first kappa shape index (κ1) is 21.0. The molecule has 0 unspecified atom stereocenters. The molecule has 31 heavy (non-hydrogen) atoms. The van der Waals surface area contributed by atoms with E-state index in [1.165, 1.54) is 0 Å². The summed E-state index contributed by atoms with van der Waals surface area (Å²) in [6.45, 7) is 7.93. The Bertz CT molecular complexity index is 1100. The third-order valence-corrected chi connectivity index (χ3v) is 5.87. The molecule has 1 amide bonds. The van der Waals surface area contributed by atoms with E-state index in [1.807, 2.05) is 58.3 Å². The molecule has 3 heterocycles. The number of likely N-dealkylation sites (N-methyl/N-ethyl adjacent to an activating group) is 1. The topological polar surface area (TPSA) is 71.5 Å². The Morgan fingerprint density at radius 2 is 2.10 bits per heavy atom. The smallest absolute Gasteiger partial charge is 0.245 e. The molecule has 3 aromatic rings. The predicted octanol–water partition coefficient (Wildman–Crippen LogP) is 3.67. The Morgan fingerprint density at radius 3 is 2.87 bits per heavy atom. The predicted molar refractivity (Wildman–Crippen MR) is 121 cm³/mol. The van der Waals surface area contributed by atoms with Gasteiger partial charge in [0.2, 0.25) is 11.9 Å². The first-order chi connectivity index (χ1) is 15.0. The monoisotopic (exact) mass is 419 g/mol. The van der Waals surface area contributed by atoms with E-state index >= 15 is 0 Å². The molecule has 0 radical (unpaired) electrons. The van der Waals surface area contributed by atoms with Gasteiger partial charge in [0.05, 0.1) is 17.8 Å². The van der Waals surface area contributed by atoms with Gasteiger partial charge in [-0.1, -0.05) is 0 Å². The van der Waals surface area contributed by atoms with Gasteiger partial charge in [0.15, 0.2) is 0 Å². The number of aryl methyl sites for hydroxylation is 2. The summed E-state index contributed by atoms with van der Waals surface area (Å²) in [5.41, 5.74) is 3.95. The lowest BCUT2D eigenvalue weighted by Crippen LogP contribution is -2.44.